The molecule has 1 fully saturated rings. The summed E-state index contributed by atoms with van der Waals surface area (Å²) >= 11 is 0. The fraction of sp³-hybridized carbons (Fsp3) is 0.722. The third-order valence-electron chi connectivity index (χ3n) is 4.33. The van der Waals surface area contributed by atoms with Crippen LogP contribution in [0.1, 0.15) is 58.3 Å². The van der Waals surface area contributed by atoms with Crippen LogP contribution in [0.25, 0.3) is 0 Å². The van der Waals surface area contributed by atoms with Gasteiger partial charge in [-0.05, 0) is 25.7 Å². The quantitative estimate of drug-likeness (QED) is 0.415. The monoisotopic (exact) mass is 340 g/mol. The Kier molecular flexibility index (Phi) is 9.12. The lowest BCUT2D eigenvalue weighted by Crippen LogP contribution is -2.30. The van der Waals surface area contributed by atoms with E-state index < -0.39 is 23.8 Å². The summed E-state index contributed by atoms with van der Waals surface area (Å²) in [6, 6.07) is 0. The summed E-state index contributed by atoms with van der Waals surface area (Å²) in [7, 11) is 0. The largest absolute Gasteiger partial charge is 0.481 e. The molecular formula is C18H28O6. The average Bonchev–Trinajstić information content (AvgIpc) is 2.48. The summed E-state index contributed by atoms with van der Waals surface area (Å²) in [5.41, 5.74) is 0.277. The van der Waals surface area contributed by atoms with Gasteiger partial charge in [0.25, 0.3) is 0 Å². The van der Waals surface area contributed by atoms with Crippen LogP contribution < -0.4 is 0 Å². The zero-order valence-corrected chi connectivity index (χ0v) is 14.4. The van der Waals surface area contributed by atoms with Gasteiger partial charge in [-0.1, -0.05) is 38.7 Å². The predicted octanol–water partition coefficient (Wildman–Crippen LogP) is 3.10. The highest BCUT2D eigenvalue weighted by Crippen LogP contribution is 2.31. The number of carboxylic acid groups (broad SMARTS) is 1. The van der Waals surface area contributed by atoms with Gasteiger partial charge in [0.1, 0.15) is 13.2 Å². The molecule has 0 aromatic carbocycles. The lowest BCUT2D eigenvalue weighted by atomic mass is 9.80. The Morgan fingerprint density at radius 1 is 1.04 bits per heavy atom. The Morgan fingerprint density at radius 2 is 1.58 bits per heavy atom. The second kappa shape index (κ2) is 10.8. The first-order valence-electron chi connectivity index (χ1n) is 8.63. The number of rotatable bonds is 8. The molecule has 1 atom stereocenters. The standard InChI is InChI=1S/C18H28O6/c1-13(2)17(21)23-10-11-24-18(22)15(12-16(19)20)14-8-6-4-3-5-7-9-14/h14-15H,1,3-12H2,2H3,(H,19,20). The van der Waals surface area contributed by atoms with Crippen molar-refractivity contribution in [2.45, 2.75) is 58.3 Å². The zero-order chi connectivity index (χ0) is 17.9. The zero-order valence-electron chi connectivity index (χ0n) is 14.4. The van der Waals surface area contributed by atoms with Gasteiger partial charge in [0.05, 0.1) is 12.3 Å². The molecule has 136 valence electrons. The summed E-state index contributed by atoms with van der Waals surface area (Å²) in [4.78, 5) is 34.7. The van der Waals surface area contributed by atoms with E-state index in [0.717, 1.165) is 38.5 Å². The molecule has 1 aliphatic carbocycles. The smallest absolute Gasteiger partial charge is 0.333 e. The van der Waals surface area contributed by atoms with Crippen molar-refractivity contribution < 1.29 is 29.0 Å². The maximum absolute atomic E-state index is 12.3. The van der Waals surface area contributed by atoms with E-state index in [1.807, 2.05) is 0 Å². The van der Waals surface area contributed by atoms with E-state index in [2.05, 4.69) is 6.58 Å². The number of carbonyl (C=O) groups excluding carboxylic acids is 2. The molecule has 1 N–H and O–H groups in total. The molecule has 1 rings (SSSR count). The van der Waals surface area contributed by atoms with Crippen LogP contribution in [0.15, 0.2) is 12.2 Å². The summed E-state index contributed by atoms with van der Waals surface area (Å²) in [5.74, 6) is -2.61. The minimum absolute atomic E-state index is 0.0480. The van der Waals surface area contributed by atoms with Crippen molar-refractivity contribution in [2.75, 3.05) is 13.2 Å². The summed E-state index contributed by atoms with van der Waals surface area (Å²) in [5, 5.41) is 9.11. The van der Waals surface area contributed by atoms with Gasteiger partial charge in [0, 0.05) is 5.57 Å². The minimum atomic E-state index is -0.993. The molecule has 0 saturated heterocycles. The second-order valence-corrected chi connectivity index (χ2v) is 6.39. The summed E-state index contributed by atoms with van der Waals surface area (Å²) in [6.07, 6.45) is 7.00. The summed E-state index contributed by atoms with van der Waals surface area (Å²) < 4.78 is 10.0. The highest BCUT2D eigenvalue weighted by Gasteiger charge is 2.31. The Hall–Kier alpha value is -1.85. The van der Waals surface area contributed by atoms with Crippen molar-refractivity contribution in [1.82, 2.24) is 0 Å². The van der Waals surface area contributed by atoms with Crippen molar-refractivity contribution in [2.24, 2.45) is 11.8 Å². The van der Waals surface area contributed by atoms with Gasteiger partial charge in [-0.2, -0.15) is 0 Å². The summed E-state index contributed by atoms with van der Waals surface area (Å²) in [6.45, 7) is 4.87. The molecule has 0 aliphatic heterocycles. The Balaban J connectivity index is 2.52. The number of carbonyl (C=O) groups is 3. The third kappa shape index (κ3) is 7.62. The lowest BCUT2D eigenvalue weighted by molar-refractivity contribution is -0.158. The van der Waals surface area contributed by atoms with E-state index in [1.165, 1.54) is 13.3 Å². The molecule has 6 nitrogen and oxygen atoms in total. The van der Waals surface area contributed by atoms with Gasteiger partial charge in [-0.3, -0.25) is 9.59 Å². The predicted molar refractivity (Wildman–Crippen MR) is 88.3 cm³/mol. The molecule has 0 amide bonds. The van der Waals surface area contributed by atoms with Crippen LogP contribution in [-0.4, -0.2) is 36.2 Å². The third-order valence-corrected chi connectivity index (χ3v) is 4.33. The van der Waals surface area contributed by atoms with Crippen LogP contribution >= 0.6 is 0 Å². The topological polar surface area (TPSA) is 89.9 Å². The minimum Gasteiger partial charge on any atom is -0.481 e. The number of ether oxygens (including phenoxy) is 2. The van der Waals surface area contributed by atoms with Crippen molar-refractivity contribution in [3.63, 3.8) is 0 Å². The van der Waals surface area contributed by atoms with Gasteiger partial charge in [0.2, 0.25) is 0 Å². The maximum atomic E-state index is 12.3. The van der Waals surface area contributed by atoms with Crippen LogP contribution in [-0.2, 0) is 23.9 Å². The normalized spacial score (nSPS) is 17.2. The highest BCUT2D eigenvalue weighted by molar-refractivity contribution is 5.86. The molecule has 24 heavy (non-hydrogen) atoms. The number of hydrogen-bond acceptors (Lipinski definition) is 5. The first-order chi connectivity index (χ1) is 11.4. The molecule has 0 bridgehead atoms. The number of esters is 2. The highest BCUT2D eigenvalue weighted by atomic mass is 16.6. The molecule has 0 spiro atoms. The van der Waals surface area contributed by atoms with E-state index >= 15 is 0 Å². The molecule has 0 heterocycles. The Morgan fingerprint density at radius 3 is 2.12 bits per heavy atom. The maximum Gasteiger partial charge on any atom is 0.333 e. The molecule has 6 heteroatoms. The molecule has 0 aromatic rings. The van der Waals surface area contributed by atoms with Gasteiger partial charge in [0.15, 0.2) is 0 Å². The Labute approximate surface area is 143 Å². The number of carboxylic acids is 1. The van der Waals surface area contributed by atoms with Gasteiger partial charge >= 0.3 is 17.9 Å². The lowest BCUT2D eigenvalue weighted by Gasteiger charge is -2.26. The van der Waals surface area contributed by atoms with Crippen LogP contribution in [0.3, 0.4) is 0 Å². The van der Waals surface area contributed by atoms with E-state index in [4.69, 9.17) is 14.6 Å². The van der Waals surface area contributed by atoms with Crippen LogP contribution in [0.4, 0.5) is 0 Å². The fourth-order valence-electron chi connectivity index (χ4n) is 3.03. The molecule has 1 unspecified atom stereocenters. The van der Waals surface area contributed by atoms with Crippen LogP contribution in [0, 0.1) is 11.8 Å². The van der Waals surface area contributed by atoms with E-state index in [9.17, 15) is 14.4 Å². The van der Waals surface area contributed by atoms with E-state index in [-0.39, 0.29) is 31.1 Å². The van der Waals surface area contributed by atoms with Crippen molar-refractivity contribution in [3.05, 3.63) is 12.2 Å². The SMILES string of the molecule is C=C(C)C(=O)OCCOC(=O)C(CC(=O)O)C1CCCCCCC1. The van der Waals surface area contributed by atoms with E-state index in [1.54, 1.807) is 0 Å². The molecule has 1 aliphatic rings. The molecule has 0 radical (unpaired) electrons. The molecule has 0 aromatic heterocycles. The van der Waals surface area contributed by atoms with E-state index in [0.29, 0.717) is 0 Å². The second-order valence-electron chi connectivity index (χ2n) is 6.39. The first-order valence-corrected chi connectivity index (χ1v) is 8.63. The first kappa shape index (κ1) is 20.2. The average molecular weight is 340 g/mol. The number of hydrogen-bond donors (Lipinski definition) is 1. The van der Waals surface area contributed by atoms with Crippen molar-refractivity contribution in [3.8, 4) is 0 Å². The van der Waals surface area contributed by atoms with Gasteiger partial charge in [-0.15, -0.1) is 0 Å². The Bertz CT molecular complexity index is 448. The van der Waals surface area contributed by atoms with Crippen molar-refractivity contribution in [1.29, 1.82) is 0 Å². The van der Waals surface area contributed by atoms with Gasteiger partial charge < -0.3 is 14.6 Å². The van der Waals surface area contributed by atoms with Crippen molar-refractivity contribution >= 4 is 17.9 Å². The van der Waals surface area contributed by atoms with Crippen LogP contribution in [0.5, 0.6) is 0 Å². The number of aliphatic carboxylic acids is 1. The molecule has 1 saturated carbocycles. The fourth-order valence-corrected chi connectivity index (χ4v) is 3.03. The molecular weight excluding hydrogens is 312 g/mol. The van der Waals surface area contributed by atoms with Gasteiger partial charge in [-0.25, -0.2) is 4.79 Å². The van der Waals surface area contributed by atoms with Crippen LogP contribution in [0.2, 0.25) is 0 Å².